The summed E-state index contributed by atoms with van der Waals surface area (Å²) < 4.78 is 10.4. The van der Waals surface area contributed by atoms with E-state index in [2.05, 4.69) is 5.32 Å². The summed E-state index contributed by atoms with van der Waals surface area (Å²) in [7, 11) is 1.61. The number of esters is 1. The fourth-order valence-corrected chi connectivity index (χ4v) is 3.28. The molecule has 3 aromatic carbocycles. The van der Waals surface area contributed by atoms with E-state index in [1.807, 2.05) is 86.6 Å². The molecule has 0 aliphatic heterocycles. The summed E-state index contributed by atoms with van der Waals surface area (Å²) in [6.07, 6.45) is 0.134. The number of aryl methyl sites for hydroxylation is 2. The Balaban J connectivity index is 1.63. The number of nitrogens with one attached hydrogen (secondary N) is 1. The Kier molecular flexibility index (Phi) is 7.44. The molecule has 1 N–H and O–H groups in total. The summed E-state index contributed by atoms with van der Waals surface area (Å²) in [6.45, 7) is 3.69. The Morgan fingerprint density at radius 2 is 1.55 bits per heavy atom. The van der Waals surface area contributed by atoms with Gasteiger partial charge in [-0.05, 0) is 53.8 Å². The number of amides is 1. The van der Waals surface area contributed by atoms with E-state index in [-0.39, 0.29) is 25.0 Å². The highest BCUT2D eigenvalue weighted by Crippen LogP contribution is 2.24. The Bertz CT molecular complexity index is 1030. The maximum absolute atomic E-state index is 12.6. The summed E-state index contributed by atoms with van der Waals surface area (Å²) in [5.74, 6) is -0.0561. The Hall–Kier alpha value is -3.60. The van der Waals surface area contributed by atoms with E-state index >= 15 is 0 Å². The van der Waals surface area contributed by atoms with Crippen LogP contribution in [0.2, 0.25) is 0 Å². The van der Waals surface area contributed by atoms with Crippen LogP contribution in [0.1, 0.15) is 33.9 Å². The van der Waals surface area contributed by atoms with E-state index in [4.69, 9.17) is 9.47 Å². The molecule has 160 valence electrons. The number of hydrogen-bond acceptors (Lipinski definition) is 4. The Labute approximate surface area is 183 Å². The summed E-state index contributed by atoms with van der Waals surface area (Å²) in [6, 6.07) is 22.6. The molecule has 0 aliphatic carbocycles. The van der Waals surface area contributed by atoms with E-state index in [9.17, 15) is 9.59 Å². The molecule has 0 radical (unpaired) electrons. The first-order valence-electron chi connectivity index (χ1n) is 10.2. The molecular formula is C26H27NO4. The molecule has 3 aromatic rings. The fourth-order valence-electron chi connectivity index (χ4n) is 3.28. The van der Waals surface area contributed by atoms with Gasteiger partial charge in [-0.15, -0.1) is 0 Å². The normalized spacial score (nSPS) is 11.5. The fraction of sp³-hybridized carbons (Fsp3) is 0.231. The van der Waals surface area contributed by atoms with Crippen LogP contribution in [0.25, 0.3) is 0 Å². The number of hydrogen-bond donors (Lipinski definition) is 1. The van der Waals surface area contributed by atoms with Gasteiger partial charge in [0.2, 0.25) is 0 Å². The van der Waals surface area contributed by atoms with Crippen molar-refractivity contribution in [3.8, 4) is 5.75 Å². The Morgan fingerprint density at radius 3 is 2.19 bits per heavy atom. The van der Waals surface area contributed by atoms with Gasteiger partial charge in [0, 0.05) is 0 Å². The third-order valence-corrected chi connectivity index (χ3v) is 5.17. The zero-order valence-corrected chi connectivity index (χ0v) is 18.1. The molecule has 0 aliphatic rings. The molecule has 0 heterocycles. The first kappa shape index (κ1) is 22.1. The van der Waals surface area contributed by atoms with Crippen LogP contribution in [0.5, 0.6) is 5.75 Å². The minimum Gasteiger partial charge on any atom is -0.497 e. The molecule has 0 spiro atoms. The molecule has 3 rings (SSSR count). The third-order valence-electron chi connectivity index (χ3n) is 5.17. The van der Waals surface area contributed by atoms with Gasteiger partial charge < -0.3 is 14.8 Å². The van der Waals surface area contributed by atoms with E-state index < -0.39 is 5.97 Å². The van der Waals surface area contributed by atoms with Gasteiger partial charge in [-0.25, -0.2) is 0 Å². The van der Waals surface area contributed by atoms with Crippen LogP contribution in [0.15, 0.2) is 72.8 Å². The lowest BCUT2D eigenvalue weighted by Crippen LogP contribution is -2.33. The highest BCUT2D eigenvalue weighted by atomic mass is 16.5. The van der Waals surface area contributed by atoms with Crippen molar-refractivity contribution in [3.63, 3.8) is 0 Å². The molecular weight excluding hydrogens is 390 g/mol. The lowest BCUT2D eigenvalue weighted by molar-refractivity contribution is -0.148. The molecule has 1 atom stereocenters. The van der Waals surface area contributed by atoms with Crippen LogP contribution in [0.3, 0.4) is 0 Å². The summed E-state index contributed by atoms with van der Waals surface area (Å²) >= 11 is 0. The summed E-state index contributed by atoms with van der Waals surface area (Å²) in [4.78, 5) is 24.8. The molecule has 0 bridgehead atoms. The standard InChI is InChI=1S/C26H27NO4/c1-18-9-10-20(15-19(18)2)16-25(29)31-17-24(28)27-26(21-7-5-4-6-8-21)22-11-13-23(30-3)14-12-22/h4-15,26H,16-17H2,1-3H3,(H,27,28)/t26-/m0/s1. The number of carbonyl (C=O) groups is 2. The summed E-state index contributed by atoms with van der Waals surface area (Å²) in [5, 5.41) is 2.97. The maximum atomic E-state index is 12.6. The van der Waals surface area contributed by atoms with Crippen molar-refractivity contribution in [3.05, 3.63) is 101 Å². The zero-order valence-electron chi connectivity index (χ0n) is 18.1. The van der Waals surface area contributed by atoms with Crippen LogP contribution >= 0.6 is 0 Å². The van der Waals surface area contributed by atoms with Gasteiger partial charge in [-0.3, -0.25) is 9.59 Å². The molecule has 5 nitrogen and oxygen atoms in total. The van der Waals surface area contributed by atoms with E-state index in [0.717, 1.165) is 28.0 Å². The van der Waals surface area contributed by atoms with Crippen molar-refractivity contribution in [2.24, 2.45) is 0 Å². The highest BCUT2D eigenvalue weighted by Gasteiger charge is 2.18. The lowest BCUT2D eigenvalue weighted by atomic mass is 9.98. The van der Waals surface area contributed by atoms with Crippen molar-refractivity contribution < 1.29 is 19.1 Å². The molecule has 0 unspecified atom stereocenters. The SMILES string of the molecule is COc1ccc([C@@H](NC(=O)COC(=O)Cc2ccc(C)c(C)c2)c2ccccc2)cc1. The predicted octanol–water partition coefficient (Wildman–Crippen LogP) is 4.30. The average Bonchev–Trinajstić information content (AvgIpc) is 2.79. The largest absolute Gasteiger partial charge is 0.497 e. The van der Waals surface area contributed by atoms with Gasteiger partial charge in [0.05, 0.1) is 19.6 Å². The van der Waals surface area contributed by atoms with E-state index in [1.165, 1.54) is 5.56 Å². The molecule has 1 amide bonds. The number of carbonyl (C=O) groups excluding carboxylic acids is 2. The summed E-state index contributed by atoms with van der Waals surface area (Å²) in [5.41, 5.74) is 4.99. The molecule has 0 fully saturated rings. The first-order valence-corrected chi connectivity index (χ1v) is 10.2. The molecule has 5 heteroatoms. The van der Waals surface area contributed by atoms with Crippen molar-refractivity contribution in [2.45, 2.75) is 26.3 Å². The van der Waals surface area contributed by atoms with E-state index in [1.54, 1.807) is 7.11 Å². The molecule has 31 heavy (non-hydrogen) atoms. The van der Waals surface area contributed by atoms with Crippen LogP contribution < -0.4 is 10.1 Å². The number of rotatable bonds is 8. The van der Waals surface area contributed by atoms with Gasteiger partial charge in [0.1, 0.15) is 5.75 Å². The minimum absolute atomic E-state index is 0.134. The van der Waals surface area contributed by atoms with Crippen molar-refractivity contribution in [1.29, 1.82) is 0 Å². The second-order valence-electron chi connectivity index (χ2n) is 7.44. The van der Waals surface area contributed by atoms with Crippen LogP contribution in [0, 0.1) is 13.8 Å². The predicted molar refractivity (Wildman–Crippen MR) is 120 cm³/mol. The van der Waals surface area contributed by atoms with Gasteiger partial charge in [0.25, 0.3) is 5.91 Å². The average molecular weight is 418 g/mol. The molecule has 0 aromatic heterocycles. The molecule has 0 saturated heterocycles. The quantitative estimate of drug-likeness (QED) is 0.555. The Morgan fingerprint density at radius 1 is 0.871 bits per heavy atom. The van der Waals surface area contributed by atoms with E-state index in [0.29, 0.717) is 0 Å². The van der Waals surface area contributed by atoms with Gasteiger partial charge >= 0.3 is 5.97 Å². The topological polar surface area (TPSA) is 64.6 Å². The van der Waals surface area contributed by atoms with Crippen LogP contribution in [0.4, 0.5) is 0 Å². The maximum Gasteiger partial charge on any atom is 0.310 e. The van der Waals surface area contributed by atoms with Crippen molar-refractivity contribution in [2.75, 3.05) is 13.7 Å². The van der Waals surface area contributed by atoms with Crippen molar-refractivity contribution in [1.82, 2.24) is 5.32 Å². The first-order chi connectivity index (χ1) is 15.0. The third kappa shape index (κ3) is 6.19. The highest BCUT2D eigenvalue weighted by molar-refractivity contribution is 5.82. The molecule has 0 saturated carbocycles. The van der Waals surface area contributed by atoms with Crippen LogP contribution in [-0.2, 0) is 20.7 Å². The monoisotopic (exact) mass is 417 g/mol. The number of ether oxygens (including phenoxy) is 2. The second kappa shape index (κ2) is 10.4. The number of benzene rings is 3. The minimum atomic E-state index is -0.431. The van der Waals surface area contributed by atoms with Gasteiger partial charge in [-0.1, -0.05) is 60.7 Å². The lowest BCUT2D eigenvalue weighted by Gasteiger charge is -2.20. The van der Waals surface area contributed by atoms with Gasteiger partial charge in [-0.2, -0.15) is 0 Å². The zero-order chi connectivity index (χ0) is 22.2. The second-order valence-corrected chi connectivity index (χ2v) is 7.44. The smallest absolute Gasteiger partial charge is 0.310 e. The van der Waals surface area contributed by atoms with Gasteiger partial charge in [0.15, 0.2) is 6.61 Å². The van der Waals surface area contributed by atoms with Crippen molar-refractivity contribution >= 4 is 11.9 Å². The number of methoxy groups -OCH3 is 1. The van der Waals surface area contributed by atoms with Crippen LogP contribution in [-0.4, -0.2) is 25.6 Å².